The fraction of sp³-hybridized carbons (Fsp3) is 0.182. The summed E-state index contributed by atoms with van der Waals surface area (Å²) in [6.45, 7) is 3.52. The lowest BCUT2D eigenvalue weighted by Gasteiger charge is -2.12. The van der Waals surface area contributed by atoms with Crippen LogP contribution in [0.2, 0.25) is 0 Å². The minimum atomic E-state index is -0.746. The number of hydrogen-bond acceptors (Lipinski definition) is 3. The van der Waals surface area contributed by atoms with Crippen molar-refractivity contribution in [3.63, 3.8) is 0 Å². The van der Waals surface area contributed by atoms with E-state index in [4.69, 9.17) is 11.0 Å². The van der Waals surface area contributed by atoms with E-state index in [9.17, 15) is 9.50 Å². The monoisotopic (exact) mass is 242 g/mol. The normalized spacial score (nSPS) is 11.1. The number of rotatable bonds is 3. The van der Waals surface area contributed by atoms with Crippen LogP contribution in [0.1, 0.15) is 23.6 Å². The molecule has 1 atom stereocenters. The molecule has 0 heterocycles. The summed E-state index contributed by atoms with van der Waals surface area (Å²) >= 11 is 0. The van der Waals surface area contributed by atoms with Gasteiger partial charge in [-0.3, -0.25) is 0 Å². The maximum atomic E-state index is 13.0. The van der Waals surface area contributed by atoms with Gasteiger partial charge in [0, 0.05) is 11.6 Å². The topological polar surface area (TPSA) is 70.0 Å². The second-order valence-corrected chi connectivity index (χ2v) is 3.10. The summed E-state index contributed by atoms with van der Waals surface area (Å²) in [7, 11) is 0. The zero-order chi connectivity index (χ0) is 11.4. The standard InChI is InChI=1S/C11H11FN2O.ClH/c1-2-3-10(14)7-4-5-9(12)8(6-13)11(7)15;/h2,4-5,10,15H,1,3,14H2;1H/t10-;/m1./s1. The summed E-state index contributed by atoms with van der Waals surface area (Å²) in [5, 5.41) is 18.2. The van der Waals surface area contributed by atoms with Crippen LogP contribution < -0.4 is 5.73 Å². The van der Waals surface area contributed by atoms with Gasteiger partial charge in [-0.15, -0.1) is 19.0 Å². The smallest absolute Gasteiger partial charge is 0.144 e. The Balaban J connectivity index is 0.00000225. The van der Waals surface area contributed by atoms with Gasteiger partial charge in [0.05, 0.1) is 0 Å². The Morgan fingerprint density at radius 1 is 1.62 bits per heavy atom. The summed E-state index contributed by atoms with van der Waals surface area (Å²) < 4.78 is 13.0. The first-order valence-electron chi connectivity index (χ1n) is 4.39. The fourth-order valence-corrected chi connectivity index (χ4v) is 1.29. The molecule has 3 N–H and O–H groups in total. The second kappa shape index (κ2) is 6.11. The molecule has 0 spiro atoms. The van der Waals surface area contributed by atoms with Crippen LogP contribution >= 0.6 is 12.4 Å². The van der Waals surface area contributed by atoms with Gasteiger partial charge in [-0.1, -0.05) is 12.1 Å². The van der Waals surface area contributed by atoms with Crippen LogP contribution in [0.5, 0.6) is 5.75 Å². The predicted molar refractivity (Wildman–Crippen MR) is 61.8 cm³/mol. The van der Waals surface area contributed by atoms with Crippen LogP contribution in [0.4, 0.5) is 4.39 Å². The highest BCUT2D eigenvalue weighted by Crippen LogP contribution is 2.29. The number of hydrogen-bond donors (Lipinski definition) is 2. The lowest BCUT2D eigenvalue weighted by molar-refractivity contribution is 0.453. The summed E-state index contributed by atoms with van der Waals surface area (Å²) in [5.74, 6) is -1.13. The van der Waals surface area contributed by atoms with Gasteiger partial charge < -0.3 is 10.8 Å². The lowest BCUT2D eigenvalue weighted by Crippen LogP contribution is -2.10. The van der Waals surface area contributed by atoms with Gasteiger partial charge in [0.15, 0.2) is 0 Å². The molecule has 0 aliphatic heterocycles. The molecule has 5 heteroatoms. The molecule has 0 amide bonds. The van der Waals surface area contributed by atoms with Crippen molar-refractivity contribution in [3.05, 3.63) is 41.7 Å². The lowest BCUT2D eigenvalue weighted by atomic mass is 10.0. The third kappa shape index (κ3) is 2.72. The van der Waals surface area contributed by atoms with Gasteiger partial charge in [0.25, 0.3) is 0 Å². The van der Waals surface area contributed by atoms with E-state index >= 15 is 0 Å². The highest BCUT2D eigenvalue weighted by atomic mass is 35.5. The van der Waals surface area contributed by atoms with Gasteiger partial charge in [-0.2, -0.15) is 5.26 Å². The molecule has 0 radical (unpaired) electrons. The average molecular weight is 243 g/mol. The van der Waals surface area contributed by atoms with Crippen molar-refractivity contribution in [2.75, 3.05) is 0 Å². The van der Waals surface area contributed by atoms with Gasteiger partial charge in [-0.25, -0.2) is 4.39 Å². The summed E-state index contributed by atoms with van der Waals surface area (Å²) in [5.41, 5.74) is 5.70. The van der Waals surface area contributed by atoms with Crippen LogP contribution in [-0.4, -0.2) is 5.11 Å². The number of aromatic hydroxyl groups is 1. The maximum Gasteiger partial charge on any atom is 0.144 e. The van der Waals surface area contributed by atoms with Crippen molar-refractivity contribution in [3.8, 4) is 11.8 Å². The van der Waals surface area contributed by atoms with Crippen LogP contribution in [0.25, 0.3) is 0 Å². The van der Waals surface area contributed by atoms with E-state index in [0.717, 1.165) is 6.07 Å². The Morgan fingerprint density at radius 3 is 2.75 bits per heavy atom. The molecular formula is C11H12ClFN2O. The van der Waals surface area contributed by atoms with E-state index in [1.54, 1.807) is 12.1 Å². The summed E-state index contributed by atoms with van der Waals surface area (Å²) in [6, 6.07) is 3.61. The largest absolute Gasteiger partial charge is 0.506 e. The number of phenols is 1. The minimum absolute atomic E-state index is 0. The number of nitrogens with two attached hydrogens (primary N) is 1. The highest BCUT2D eigenvalue weighted by Gasteiger charge is 2.16. The van der Waals surface area contributed by atoms with Gasteiger partial charge in [0.2, 0.25) is 0 Å². The van der Waals surface area contributed by atoms with E-state index in [2.05, 4.69) is 6.58 Å². The van der Waals surface area contributed by atoms with Gasteiger partial charge in [-0.05, 0) is 12.5 Å². The molecule has 1 rings (SSSR count). The number of benzene rings is 1. The molecule has 16 heavy (non-hydrogen) atoms. The molecule has 0 aromatic heterocycles. The molecule has 0 aliphatic carbocycles. The van der Waals surface area contributed by atoms with Crippen LogP contribution in [0.15, 0.2) is 24.8 Å². The Hall–Kier alpha value is -1.57. The van der Waals surface area contributed by atoms with E-state index in [1.165, 1.54) is 6.07 Å². The Bertz CT molecular complexity index is 429. The Kier molecular flexibility index (Phi) is 5.51. The second-order valence-electron chi connectivity index (χ2n) is 3.10. The van der Waals surface area contributed by atoms with Crippen molar-refractivity contribution in [2.24, 2.45) is 5.73 Å². The molecule has 3 nitrogen and oxygen atoms in total. The Labute approximate surface area is 99.4 Å². The summed E-state index contributed by atoms with van der Waals surface area (Å²) in [4.78, 5) is 0. The fourth-order valence-electron chi connectivity index (χ4n) is 1.29. The number of halogens is 2. The SMILES string of the molecule is C=CC[C@@H](N)c1ccc(F)c(C#N)c1O.Cl. The first-order chi connectivity index (χ1) is 7.11. The van der Waals surface area contributed by atoms with E-state index in [0.29, 0.717) is 12.0 Å². The summed E-state index contributed by atoms with van der Waals surface area (Å²) in [6.07, 6.45) is 2.05. The van der Waals surface area contributed by atoms with Gasteiger partial charge >= 0.3 is 0 Å². The maximum absolute atomic E-state index is 13.0. The van der Waals surface area contributed by atoms with Crippen molar-refractivity contribution >= 4 is 12.4 Å². The predicted octanol–water partition coefficient (Wildman–Crippen LogP) is 2.40. The van der Waals surface area contributed by atoms with Gasteiger partial charge in [0.1, 0.15) is 23.2 Å². The molecule has 0 saturated carbocycles. The first-order valence-corrected chi connectivity index (χ1v) is 4.39. The van der Waals surface area contributed by atoms with E-state index in [1.807, 2.05) is 0 Å². The average Bonchev–Trinajstić information content (AvgIpc) is 2.18. The third-order valence-corrected chi connectivity index (χ3v) is 2.09. The minimum Gasteiger partial charge on any atom is -0.506 e. The van der Waals surface area contributed by atoms with E-state index < -0.39 is 11.9 Å². The number of nitriles is 1. The quantitative estimate of drug-likeness (QED) is 0.800. The first kappa shape index (κ1) is 14.4. The number of nitrogens with zero attached hydrogens (tertiary/aromatic N) is 1. The van der Waals surface area contributed by atoms with Crippen LogP contribution in [0, 0.1) is 17.1 Å². The zero-order valence-corrected chi connectivity index (χ0v) is 9.30. The molecule has 1 aromatic carbocycles. The number of phenolic OH excluding ortho intramolecular Hbond substituents is 1. The van der Waals surface area contributed by atoms with Crippen LogP contribution in [0.3, 0.4) is 0 Å². The molecule has 86 valence electrons. The molecule has 0 unspecified atom stereocenters. The molecule has 1 aromatic rings. The Morgan fingerprint density at radius 2 is 2.25 bits per heavy atom. The van der Waals surface area contributed by atoms with Crippen LogP contribution in [-0.2, 0) is 0 Å². The van der Waals surface area contributed by atoms with Crippen molar-refractivity contribution in [2.45, 2.75) is 12.5 Å². The molecule has 0 bridgehead atoms. The highest BCUT2D eigenvalue weighted by molar-refractivity contribution is 5.85. The van der Waals surface area contributed by atoms with Crippen molar-refractivity contribution < 1.29 is 9.50 Å². The molecule has 0 aliphatic rings. The molecular weight excluding hydrogens is 231 g/mol. The van der Waals surface area contributed by atoms with E-state index in [-0.39, 0.29) is 23.7 Å². The van der Waals surface area contributed by atoms with Crippen molar-refractivity contribution in [1.29, 1.82) is 5.26 Å². The molecule has 0 fully saturated rings. The van der Waals surface area contributed by atoms with Crippen molar-refractivity contribution in [1.82, 2.24) is 0 Å². The molecule has 0 saturated heterocycles. The third-order valence-electron chi connectivity index (χ3n) is 2.09. The zero-order valence-electron chi connectivity index (χ0n) is 8.48.